The van der Waals surface area contributed by atoms with Crippen molar-refractivity contribution in [1.82, 2.24) is 0 Å². The molecule has 0 fully saturated rings. The van der Waals surface area contributed by atoms with Crippen LogP contribution in [0.2, 0.25) is 0 Å². The second-order valence-electron chi connectivity index (χ2n) is 7.06. The van der Waals surface area contributed by atoms with Crippen LogP contribution in [-0.2, 0) is 6.42 Å². The molecule has 3 aromatic carbocycles. The highest BCUT2D eigenvalue weighted by Gasteiger charge is 2.09. The van der Waals surface area contributed by atoms with Crippen molar-refractivity contribution in [3.8, 4) is 22.3 Å². The Kier molecular flexibility index (Phi) is 6.86. The lowest BCUT2D eigenvalue weighted by Crippen LogP contribution is -1.87. The minimum absolute atomic E-state index is 0.259. The fourth-order valence-corrected chi connectivity index (χ4v) is 3.48. The summed E-state index contributed by atoms with van der Waals surface area (Å²) in [5.41, 5.74) is 6.54. The van der Waals surface area contributed by atoms with E-state index in [4.69, 9.17) is 0 Å². The SMILES string of the molecule is CCCCCc1ccc(-c2ccc(-c3cc(C)c(N=C=S)c(F)c3)cc2)cc1. The van der Waals surface area contributed by atoms with Crippen molar-refractivity contribution in [1.29, 1.82) is 0 Å². The lowest BCUT2D eigenvalue weighted by Gasteiger charge is -2.09. The summed E-state index contributed by atoms with van der Waals surface area (Å²) < 4.78 is 14.3. The first kappa shape index (κ1) is 20.1. The molecule has 1 nitrogen and oxygen atoms in total. The second kappa shape index (κ2) is 9.54. The normalized spacial score (nSPS) is 10.5. The van der Waals surface area contributed by atoms with Gasteiger partial charge in [0.1, 0.15) is 5.69 Å². The first-order chi connectivity index (χ1) is 13.6. The molecule has 0 saturated heterocycles. The zero-order valence-corrected chi connectivity index (χ0v) is 17.2. The molecule has 0 aromatic heterocycles. The largest absolute Gasteiger partial charge is 0.205 e. The molecule has 0 atom stereocenters. The lowest BCUT2D eigenvalue weighted by molar-refractivity contribution is 0.629. The monoisotopic (exact) mass is 389 g/mol. The number of isothiocyanates is 1. The summed E-state index contributed by atoms with van der Waals surface area (Å²) in [6, 6.07) is 20.4. The van der Waals surface area contributed by atoms with Crippen LogP contribution in [-0.4, -0.2) is 5.16 Å². The highest BCUT2D eigenvalue weighted by Crippen LogP contribution is 2.31. The average Bonchev–Trinajstić information content (AvgIpc) is 2.71. The number of nitrogens with zero attached hydrogens (tertiary/aromatic N) is 1. The van der Waals surface area contributed by atoms with E-state index in [1.807, 2.05) is 25.1 Å². The van der Waals surface area contributed by atoms with Crippen LogP contribution < -0.4 is 0 Å². The Bertz CT molecular complexity index is 961. The highest BCUT2D eigenvalue weighted by molar-refractivity contribution is 7.78. The van der Waals surface area contributed by atoms with E-state index in [1.165, 1.54) is 36.5 Å². The van der Waals surface area contributed by atoms with Gasteiger partial charge in [-0.05, 0) is 77.5 Å². The predicted molar refractivity (Wildman–Crippen MR) is 120 cm³/mol. The summed E-state index contributed by atoms with van der Waals surface area (Å²) in [4.78, 5) is 3.81. The summed E-state index contributed by atoms with van der Waals surface area (Å²) in [7, 11) is 0. The van der Waals surface area contributed by atoms with Gasteiger partial charge in [0.05, 0.1) is 5.16 Å². The Balaban J connectivity index is 1.79. The van der Waals surface area contributed by atoms with Crippen molar-refractivity contribution in [2.75, 3.05) is 0 Å². The molecule has 0 heterocycles. The number of rotatable bonds is 7. The number of aliphatic imine (C=N–C) groups is 1. The number of aryl methyl sites for hydroxylation is 2. The molecule has 0 aliphatic rings. The molecule has 0 N–H and O–H groups in total. The van der Waals surface area contributed by atoms with E-state index in [2.05, 4.69) is 65.7 Å². The first-order valence-electron chi connectivity index (χ1n) is 9.70. The minimum Gasteiger partial charge on any atom is -0.205 e. The van der Waals surface area contributed by atoms with Crippen LogP contribution in [0.25, 0.3) is 22.3 Å². The summed E-state index contributed by atoms with van der Waals surface area (Å²) in [5, 5.41) is 2.24. The third-order valence-corrected chi connectivity index (χ3v) is 5.08. The molecule has 0 aliphatic carbocycles. The lowest BCUT2D eigenvalue weighted by atomic mass is 9.97. The molecule has 0 saturated carbocycles. The van der Waals surface area contributed by atoms with E-state index in [9.17, 15) is 4.39 Å². The van der Waals surface area contributed by atoms with Gasteiger partial charge in [-0.1, -0.05) is 68.3 Å². The van der Waals surface area contributed by atoms with E-state index >= 15 is 0 Å². The van der Waals surface area contributed by atoms with Gasteiger partial charge >= 0.3 is 0 Å². The van der Waals surface area contributed by atoms with Crippen LogP contribution in [0.4, 0.5) is 10.1 Å². The number of thiocarbonyl (C=S) groups is 1. The van der Waals surface area contributed by atoms with E-state index in [1.54, 1.807) is 0 Å². The van der Waals surface area contributed by atoms with Gasteiger partial charge in [-0.3, -0.25) is 0 Å². The van der Waals surface area contributed by atoms with Gasteiger partial charge in [0.15, 0.2) is 5.82 Å². The van der Waals surface area contributed by atoms with Crippen LogP contribution in [0.3, 0.4) is 0 Å². The van der Waals surface area contributed by atoms with Crippen LogP contribution >= 0.6 is 12.2 Å². The third-order valence-electron chi connectivity index (χ3n) is 4.99. The smallest absolute Gasteiger partial charge is 0.150 e. The van der Waals surface area contributed by atoms with Crippen molar-refractivity contribution in [2.24, 2.45) is 4.99 Å². The molecular formula is C25H24FNS. The summed E-state index contributed by atoms with van der Waals surface area (Å²) in [6.45, 7) is 4.05. The zero-order valence-electron chi connectivity index (χ0n) is 16.3. The standard InChI is InChI=1S/C25H24FNS/c1-3-4-5-6-19-7-9-20(10-8-19)21-11-13-22(14-12-21)23-15-18(2)25(27-17-28)24(26)16-23/h7-16H,3-6H2,1-2H3. The van der Waals surface area contributed by atoms with Gasteiger partial charge in [-0.15, -0.1) is 0 Å². The van der Waals surface area contributed by atoms with Gasteiger partial charge in [-0.2, -0.15) is 4.99 Å². The quantitative estimate of drug-likeness (QED) is 0.227. The molecule has 0 radical (unpaired) electrons. The zero-order chi connectivity index (χ0) is 19.9. The van der Waals surface area contributed by atoms with Gasteiger partial charge in [0, 0.05) is 0 Å². The molecule has 0 bridgehead atoms. The second-order valence-corrected chi connectivity index (χ2v) is 7.24. The van der Waals surface area contributed by atoms with E-state index < -0.39 is 0 Å². The van der Waals surface area contributed by atoms with Crippen LogP contribution in [0, 0.1) is 12.7 Å². The predicted octanol–water partition coefficient (Wildman–Crippen LogP) is 7.94. The summed E-state index contributed by atoms with van der Waals surface area (Å²) in [5.74, 6) is -0.380. The molecule has 0 aliphatic heterocycles. The first-order valence-corrected chi connectivity index (χ1v) is 10.1. The van der Waals surface area contributed by atoms with E-state index in [0.29, 0.717) is 0 Å². The number of hydrogen-bond donors (Lipinski definition) is 0. The Morgan fingerprint density at radius 3 is 1.96 bits per heavy atom. The molecule has 3 aromatic rings. The maximum atomic E-state index is 14.3. The number of benzene rings is 3. The maximum absolute atomic E-state index is 14.3. The van der Waals surface area contributed by atoms with Gasteiger partial charge < -0.3 is 0 Å². The van der Waals surface area contributed by atoms with Gasteiger partial charge in [0.2, 0.25) is 0 Å². The van der Waals surface area contributed by atoms with Crippen LogP contribution in [0.5, 0.6) is 0 Å². The Morgan fingerprint density at radius 1 is 0.857 bits per heavy atom. The third kappa shape index (κ3) is 4.81. The number of unbranched alkanes of at least 4 members (excludes halogenated alkanes) is 2. The van der Waals surface area contributed by atoms with Crippen molar-refractivity contribution in [3.05, 3.63) is 77.6 Å². The van der Waals surface area contributed by atoms with Crippen molar-refractivity contribution < 1.29 is 4.39 Å². The Morgan fingerprint density at radius 2 is 1.43 bits per heavy atom. The molecule has 3 heteroatoms. The van der Waals surface area contributed by atoms with Crippen LogP contribution in [0.15, 0.2) is 65.7 Å². The van der Waals surface area contributed by atoms with Gasteiger partial charge in [0.25, 0.3) is 0 Å². The van der Waals surface area contributed by atoms with Crippen molar-refractivity contribution in [2.45, 2.75) is 39.5 Å². The van der Waals surface area contributed by atoms with Crippen molar-refractivity contribution >= 4 is 23.1 Å². The summed E-state index contributed by atoms with van der Waals surface area (Å²) >= 11 is 4.59. The average molecular weight is 390 g/mol. The Labute approximate surface area is 172 Å². The molecule has 28 heavy (non-hydrogen) atoms. The Hall–Kier alpha value is -2.61. The molecular weight excluding hydrogens is 365 g/mol. The van der Waals surface area contributed by atoms with Crippen LogP contribution in [0.1, 0.15) is 37.3 Å². The minimum atomic E-state index is -0.380. The van der Waals surface area contributed by atoms with E-state index in [0.717, 1.165) is 28.7 Å². The fourth-order valence-electron chi connectivity index (χ4n) is 3.39. The fraction of sp³-hybridized carbons (Fsp3) is 0.240. The van der Waals surface area contributed by atoms with Crippen molar-refractivity contribution in [3.63, 3.8) is 0 Å². The van der Waals surface area contributed by atoms with E-state index in [-0.39, 0.29) is 11.5 Å². The van der Waals surface area contributed by atoms with Gasteiger partial charge in [-0.25, -0.2) is 4.39 Å². The molecule has 0 spiro atoms. The molecule has 142 valence electrons. The maximum Gasteiger partial charge on any atom is 0.150 e. The molecule has 0 amide bonds. The summed E-state index contributed by atoms with van der Waals surface area (Å²) in [6.07, 6.45) is 4.91. The topological polar surface area (TPSA) is 12.4 Å². The number of halogens is 1. The molecule has 3 rings (SSSR count). The molecule has 0 unspecified atom stereocenters. The highest BCUT2D eigenvalue weighted by atomic mass is 32.1. The number of hydrogen-bond acceptors (Lipinski definition) is 2.